The Morgan fingerprint density at radius 3 is 1.62 bits per heavy atom. The van der Waals surface area contributed by atoms with Crippen LogP contribution in [-0.4, -0.2) is 25.2 Å². The molecule has 0 saturated carbocycles. The molecule has 0 N–H and O–H groups in total. The second-order valence-corrected chi connectivity index (χ2v) is 3.31. The van der Waals surface area contributed by atoms with E-state index in [1.54, 1.807) is 26.0 Å². The van der Waals surface area contributed by atoms with Crippen molar-refractivity contribution in [1.29, 1.82) is 0 Å². The number of carbonyl (C=O) groups excluding carboxylic acids is 2. The Labute approximate surface area is 94.9 Å². The monoisotopic (exact) mass is 224 g/mol. The normalized spacial score (nSPS) is 14.9. The van der Waals surface area contributed by atoms with Crippen LogP contribution < -0.4 is 0 Å². The largest absolute Gasteiger partial charge is 0.463 e. The number of rotatable bonds is 4. The predicted molar refractivity (Wildman–Crippen MR) is 58.7 cm³/mol. The Balaban J connectivity index is 2.52. The Bertz CT molecular complexity index is 305. The van der Waals surface area contributed by atoms with Gasteiger partial charge in [0.25, 0.3) is 0 Å². The van der Waals surface area contributed by atoms with Gasteiger partial charge < -0.3 is 9.47 Å². The maximum absolute atomic E-state index is 11.4. The van der Waals surface area contributed by atoms with Gasteiger partial charge in [0.1, 0.15) is 0 Å². The summed E-state index contributed by atoms with van der Waals surface area (Å²) in [6.07, 6.45) is 4.33. The fraction of sp³-hybridized carbons (Fsp3) is 0.500. The summed E-state index contributed by atoms with van der Waals surface area (Å²) in [5, 5.41) is 0. The summed E-state index contributed by atoms with van der Waals surface area (Å²) in [7, 11) is 0. The van der Waals surface area contributed by atoms with Crippen LogP contribution in [0.15, 0.2) is 23.3 Å². The van der Waals surface area contributed by atoms with Gasteiger partial charge in [-0.2, -0.15) is 0 Å². The maximum Gasteiger partial charge on any atom is 0.333 e. The van der Waals surface area contributed by atoms with Crippen molar-refractivity contribution in [1.82, 2.24) is 0 Å². The van der Waals surface area contributed by atoms with Crippen LogP contribution in [0.25, 0.3) is 0 Å². The van der Waals surface area contributed by atoms with E-state index in [4.69, 9.17) is 9.47 Å². The SMILES string of the molecule is CCOC(=O)C1=CCC(C(=O)OCC)=CC1. The third-order valence-electron chi connectivity index (χ3n) is 2.21. The summed E-state index contributed by atoms with van der Waals surface area (Å²) in [6.45, 7) is 4.26. The highest BCUT2D eigenvalue weighted by Crippen LogP contribution is 2.19. The van der Waals surface area contributed by atoms with Crippen molar-refractivity contribution >= 4 is 11.9 Å². The van der Waals surface area contributed by atoms with Gasteiger partial charge in [-0.05, 0) is 26.7 Å². The first-order chi connectivity index (χ1) is 7.69. The summed E-state index contributed by atoms with van der Waals surface area (Å²) in [4.78, 5) is 22.7. The fourth-order valence-electron chi connectivity index (χ4n) is 1.41. The molecule has 88 valence electrons. The van der Waals surface area contributed by atoms with E-state index in [0.717, 1.165) is 0 Å². The number of allylic oxidation sites excluding steroid dienone is 2. The minimum absolute atomic E-state index is 0.304. The van der Waals surface area contributed by atoms with Gasteiger partial charge in [0.05, 0.1) is 13.2 Å². The molecule has 0 atom stereocenters. The number of hydrogen-bond acceptors (Lipinski definition) is 4. The Morgan fingerprint density at radius 2 is 1.38 bits per heavy atom. The third kappa shape index (κ3) is 3.22. The summed E-state index contributed by atoms with van der Waals surface area (Å²) < 4.78 is 9.74. The average Bonchev–Trinajstić information content (AvgIpc) is 2.30. The zero-order valence-corrected chi connectivity index (χ0v) is 9.62. The molecule has 0 heterocycles. The molecule has 0 aliphatic heterocycles. The third-order valence-corrected chi connectivity index (χ3v) is 2.21. The van der Waals surface area contributed by atoms with Crippen molar-refractivity contribution in [2.45, 2.75) is 26.7 Å². The second-order valence-electron chi connectivity index (χ2n) is 3.31. The molecule has 0 spiro atoms. The first-order valence-electron chi connectivity index (χ1n) is 5.41. The molecular formula is C12H16O4. The topological polar surface area (TPSA) is 52.6 Å². The van der Waals surface area contributed by atoms with Crippen LogP contribution in [-0.2, 0) is 19.1 Å². The van der Waals surface area contributed by atoms with Crippen molar-refractivity contribution in [2.24, 2.45) is 0 Å². The van der Waals surface area contributed by atoms with Crippen LogP contribution >= 0.6 is 0 Å². The molecule has 1 aliphatic carbocycles. The molecular weight excluding hydrogens is 208 g/mol. The highest BCUT2D eigenvalue weighted by atomic mass is 16.5. The summed E-state index contributed by atoms with van der Waals surface area (Å²) in [5.74, 6) is -0.608. The van der Waals surface area contributed by atoms with Crippen LogP contribution in [0.4, 0.5) is 0 Å². The Kier molecular flexibility index (Phi) is 4.76. The van der Waals surface area contributed by atoms with E-state index in [1.807, 2.05) is 0 Å². The van der Waals surface area contributed by atoms with E-state index >= 15 is 0 Å². The highest BCUT2D eigenvalue weighted by Gasteiger charge is 2.17. The van der Waals surface area contributed by atoms with Crippen LogP contribution in [0.3, 0.4) is 0 Å². The molecule has 1 rings (SSSR count). The van der Waals surface area contributed by atoms with Crippen molar-refractivity contribution in [3.05, 3.63) is 23.3 Å². The van der Waals surface area contributed by atoms with Gasteiger partial charge in [-0.3, -0.25) is 0 Å². The zero-order valence-electron chi connectivity index (χ0n) is 9.62. The van der Waals surface area contributed by atoms with Crippen molar-refractivity contribution < 1.29 is 19.1 Å². The lowest BCUT2D eigenvalue weighted by molar-refractivity contribution is -0.140. The molecule has 0 radical (unpaired) electrons. The Hall–Kier alpha value is -1.58. The van der Waals surface area contributed by atoms with E-state index in [-0.39, 0.29) is 11.9 Å². The van der Waals surface area contributed by atoms with Gasteiger partial charge in [0.2, 0.25) is 0 Å². The fourth-order valence-corrected chi connectivity index (χ4v) is 1.41. The number of carbonyl (C=O) groups is 2. The van der Waals surface area contributed by atoms with E-state index in [1.165, 1.54) is 0 Å². The molecule has 4 nitrogen and oxygen atoms in total. The average molecular weight is 224 g/mol. The smallest absolute Gasteiger partial charge is 0.333 e. The molecule has 0 amide bonds. The van der Waals surface area contributed by atoms with E-state index in [0.29, 0.717) is 37.2 Å². The molecule has 1 aliphatic rings. The standard InChI is InChI=1S/C12H16O4/c1-3-15-11(13)9-5-7-10(8-6-9)12(14)16-4-2/h5,8H,3-4,6-7H2,1-2H3. The van der Waals surface area contributed by atoms with E-state index < -0.39 is 0 Å². The lowest BCUT2D eigenvalue weighted by Crippen LogP contribution is -2.13. The van der Waals surface area contributed by atoms with Gasteiger partial charge in [-0.15, -0.1) is 0 Å². The minimum atomic E-state index is -0.304. The molecule has 0 bridgehead atoms. The minimum Gasteiger partial charge on any atom is -0.463 e. The van der Waals surface area contributed by atoms with Gasteiger partial charge in [0.15, 0.2) is 0 Å². The first-order valence-corrected chi connectivity index (χ1v) is 5.41. The zero-order chi connectivity index (χ0) is 12.0. The van der Waals surface area contributed by atoms with Gasteiger partial charge in [0, 0.05) is 11.1 Å². The summed E-state index contributed by atoms with van der Waals surface area (Å²) in [5.41, 5.74) is 1.21. The Morgan fingerprint density at radius 1 is 1.00 bits per heavy atom. The molecule has 4 heteroatoms. The van der Waals surface area contributed by atoms with Crippen LogP contribution in [0, 0.1) is 0 Å². The van der Waals surface area contributed by atoms with Gasteiger partial charge >= 0.3 is 11.9 Å². The molecule has 0 fully saturated rings. The van der Waals surface area contributed by atoms with Crippen molar-refractivity contribution in [3.63, 3.8) is 0 Å². The van der Waals surface area contributed by atoms with E-state index in [2.05, 4.69) is 0 Å². The molecule has 0 aromatic heterocycles. The number of hydrogen-bond donors (Lipinski definition) is 0. The first kappa shape index (κ1) is 12.5. The predicted octanol–water partition coefficient (Wildman–Crippen LogP) is 1.76. The van der Waals surface area contributed by atoms with Crippen LogP contribution in [0.2, 0.25) is 0 Å². The molecule has 0 aromatic rings. The molecule has 0 unspecified atom stereocenters. The lowest BCUT2D eigenvalue weighted by Gasteiger charge is -2.12. The maximum atomic E-state index is 11.4. The van der Waals surface area contributed by atoms with Crippen LogP contribution in [0.5, 0.6) is 0 Å². The molecule has 0 aromatic carbocycles. The second kappa shape index (κ2) is 6.10. The summed E-state index contributed by atoms with van der Waals surface area (Å²) >= 11 is 0. The van der Waals surface area contributed by atoms with Gasteiger partial charge in [-0.25, -0.2) is 9.59 Å². The number of ether oxygens (including phenoxy) is 2. The van der Waals surface area contributed by atoms with Crippen LogP contribution in [0.1, 0.15) is 26.7 Å². The molecule has 0 saturated heterocycles. The highest BCUT2D eigenvalue weighted by molar-refractivity contribution is 5.93. The van der Waals surface area contributed by atoms with E-state index in [9.17, 15) is 9.59 Å². The lowest BCUT2D eigenvalue weighted by atomic mass is 9.99. The van der Waals surface area contributed by atoms with Crippen molar-refractivity contribution in [2.75, 3.05) is 13.2 Å². The van der Waals surface area contributed by atoms with Gasteiger partial charge in [-0.1, -0.05) is 12.2 Å². The molecule has 16 heavy (non-hydrogen) atoms. The van der Waals surface area contributed by atoms with Crippen molar-refractivity contribution in [3.8, 4) is 0 Å². The summed E-state index contributed by atoms with van der Waals surface area (Å²) in [6, 6.07) is 0. The quantitative estimate of drug-likeness (QED) is 0.683. The number of esters is 2.